The van der Waals surface area contributed by atoms with E-state index < -0.39 is 47.4 Å². The van der Waals surface area contributed by atoms with E-state index in [0.717, 1.165) is 77.0 Å². The largest absolute Gasteiger partial charge is 0.464 e. The lowest BCUT2D eigenvalue weighted by Crippen LogP contribution is -2.51. The van der Waals surface area contributed by atoms with E-state index >= 15 is 0 Å². The van der Waals surface area contributed by atoms with Gasteiger partial charge in [0.25, 0.3) is 11.8 Å². The maximum absolute atomic E-state index is 12.6. The van der Waals surface area contributed by atoms with Crippen molar-refractivity contribution >= 4 is 35.3 Å². The molecule has 2 atom stereocenters. The number of amides is 2. The number of likely N-dealkylation sites (tertiary alicyclic amines) is 2. The molecule has 42 heavy (non-hydrogen) atoms. The molecule has 2 heterocycles. The number of carbonyl (C=O) groups excluding carboxylic acids is 6. The van der Waals surface area contributed by atoms with Crippen LogP contribution in [0.15, 0.2) is 0 Å². The van der Waals surface area contributed by atoms with Crippen molar-refractivity contribution in [2.24, 2.45) is 0 Å². The molecule has 0 aliphatic carbocycles. The first-order chi connectivity index (χ1) is 20.3. The number of esters is 2. The number of Topliss-reactive ketones (excluding diaryl/α,β-unsaturated/α-hetero) is 2. The summed E-state index contributed by atoms with van der Waals surface area (Å²) in [5, 5.41) is 0. The fraction of sp³-hybridized carbons (Fsp3) is 0.812. The summed E-state index contributed by atoms with van der Waals surface area (Å²) in [6, 6.07) is -1.27. The number of nitrogens with zero attached hydrogens (tertiary/aromatic N) is 2. The molecule has 10 heteroatoms. The van der Waals surface area contributed by atoms with Crippen molar-refractivity contribution in [1.82, 2.24) is 9.80 Å². The number of ketones is 2. The summed E-state index contributed by atoms with van der Waals surface area (Å²) in [7, 11) is 0. The van der Waals surface area contributed by atoms with Crippen LogP contribution in [0.3, 0.4) is 0 Å². The maximum atomic E-state index is 12.6. The summed E-state index contributed by atoms with van der Waals surface area (Å²) < 4.78 is 10.2. The molecule has 10 nitrogen and oxygen atoms in total. The van der Waals surface area contributed by atoms with Crippen molar-refractivity contribution < 1.29 is 38.2 Å². The van der Waals surface area contributed by atoms with Crippen LogP contribution < -0.4 is 0 Å². The van der Waals surface area contributed by atoms with Crippen LogP contribution in [-0.4, -0.2) is 83.5 Å². The summed E-state index contributed by atoms with van der Waals surface area (Å²) in [6.07, 6.45) is 14.3. The average molecular weight is 593 g/mol. The minimum Gasteiger partial charge on any atom is -0.464 e. The molecule has 2 aliphatic heterocycles. The molecule has 2 aliphatic rings. The number of rotatable bonds is 19. The van der Waals surface area contributed by atoms with Crippen LogP contribution in [-0.2, 0) is 38.2 Å². The Hall–Kier alpha value is -2.78. The van der Waals surface area contributed by atoms with Crippen molar-refractivity contribution in [3.05, 3.63) is 0 Å². The molecule has 1 unspecified atom stereocenters. The smallest absolute Gasteiger partial charge is 0.328 e. The first kappa shape index (κ1) is 35.4. The zero-order valence-electron chi connectivity index (χ0n) is 25.9. The van der Waals surface area contributed by atoms with Crippen molar-refractivity contribution in [3.63, 3.8) is 0 Å². The molecular formula is C32H52N2O8. The van der Waals surface area contributed by atoms with Gasteiger partial charge in [-0.3, -0.25) is 19.2 Å². The number of hydrogen-bond acceptors (Lipinski definition) is 8. The molecule has 0 radical (unpaired) electrons. The third-order valence-corrected chi connectivity index (χ3v) is 8.18. The van der Waals surface area contributed by atoms with Gasteiger partial charge in [-0.25, -0.2) is 9.59 Å². The third kappa shape index (κ3) is 11.8. The van der Waals surface area contributed by atoms with Gasteiger partial charge in [-0.15, -0.1) is 0 Å². The van der Waals surface area contributed by atoms with Gasteiger partial charge in [0.2, 0.25) is 11.6 Å². The lowest BCUT2D eigenvalue weighted by atomic mass is 10.00. The molecule has 2 saturated heterocycles. The predicted octanol–water partition coefficient (Wildman–Crippen LogP) is 4.69. The van der Waals surface area contributed by atoms with E-state index in [-0.39, 0.29) is 26.1 Å². The van der Waals surface area contributed by atoms with E-state index in [1.807, 2.05) is 0 Å². The van der Waals surface area contributed by atoms with Gasteiger partial charge in [0.05, 0.1) is 13.2 Å². The summed E-state index contributed by atoms with van der Waals surface area (Å²) in [5.41, 5.74) is 0. The van der Waals surface area contributed by atoms with Crippen LogP contribution in [0.25, 0.3) is 0 Å². The van der Waals surface area contributed by atoms with Gasteiger partial charge >= 0.3 is 11.9 Å². The topological polar surface area (TPSA) is 127 Å². The number of piperidine rings is 2. The second-order valence-electron chi connectivity index (χ2n) is 11.4. The van der Waals surface area contributed by atoms with E-state index in [1.54, 1.807) is 13.8 Å². The molecule has 0 bridgehead atoms. The summed E-state index contributed by atoms with van der Waals surface area (Å²) >= 11 is 0. The Balaban J connectivity index is 1.50. The van der Waals surface area contributed by atoms with Gasteiger partial charge in [-0.05, 0) is 65.2 Å². The Labute approximate surface area is 251 Å². The average Bonchev–Trinajstić information content (AvgIpc) is 3.00. The SMILES string of the molecule is CCOC(=O)C1CCCCN1C(=O)C(=O)CCCCCCCCCCCCC(=O)C(=O)N1CCCC[C@H]1C(=O)OCC. The highest BCUT2D eigenvalue weighted by Crippen LogP contribution is 2.21. The van der Waals surface area contributed by atoms with Crippen LogP contribution in [0.2, 0.25) is 0 Å². The normalized spacial score (nSPS) is 18.8. The minimum atomic E-state index is -0.636. The molecule has 2 amide bonds. The molecule has 2 fully saturated rings. The molecular weight excluding hydrogens is 540 g/mol. The number of ether oxygens (including phenoxy) is 2. The quantitative estimate of drug-likeness (QED) is 0.120. The van der Waals surface area contributed by atoms with E-state index in [1.165, 1.54) is 9.80 Å². The first-order valence-corrected chi connectivity index (χ1v) is 16.3. The molecule has 0 aromatic carbocycles. The highest BCUT2D eigenvalue weighted by molar-refractivity contribution is 6.36. The van der Waals surface area contributed by atoms with Crippen molar-refractivity contribution in [3.8, 4) is 0 Å². The van der Waals surface area contributed by atoms with Crippen molar-refractivity contribution in [2.45, 2.75) is 142 Å². The Morgan fingerprint density at radius 2 is 0.857 bits per heavy atom. The molecule has 0 aromatic heterocycles. The molecule has 0 saturated carbocycles. The fourth-order valence-electron chi connectivity index (χ4n) is 5.84. The number of unbranched alkanes of at least 4 members (excludes halogenated alkanes) is 9. The Bertz CT molecular complexity index is 833. The van der Waals surface area contributed by atoms with Crippen LogP contribution in [0.1, 0.15) is 129 Å². The Morgan fingerprint density at radius 1 is 0.524 bits per heavy atom. The van der Waals surface area contributed by atoms with E-state index in [4.69, 9.17) is 9.47 Å². The lowest BCUT2D eigenvalue weighted by Gasteiger charge is -2.33. The standard InChI is InChI=1S/C32H52N2O8/c1-3-41-31(39)25-19-15-17-23-33(25)29(37)27(35)21-13-11-9-7-5-6-8-10-12-14-22-28(36)30(38)34-24-18-16-20-26(34)32(40)42-4-2/h25-26H,3-24H2,1-2H3/t25-,26?/m0/s1. The first-order valence-electron chi connectivity index (χ1n) is 16.3. The zero-order chi connectivity index (χ0) is 30.7. The predicted molar refractivity (Wildman–Crippen MR) is 157 cm³/mol. The second-order valence-corrected chi connectivity index (χ2v) is 11.4. The Kier molecular flexibility index (Phi) is 17.0. The molecule has 238 valence electrons. The van der Waals surface area contributed by atoms with Gasteiger partial charge in [-0.2, -0.15) is 0 Å². The molecule has 0 N–H and O–H groups in total. The summed E-state index contributed by atoms with van der Waals surface area (Å²) in [6.45, 7) is 4.84. The molecule has 2 rings (SSSR count). The van der Waals surface area contributed by atoms with E-state index in [9.17, 15) is 28.8 Å². The highest BCUT2D eigenvalue weighted by atomic mass is 16.5. The van der Waals surface area contributed by atoms with Crippen LogP contribution >= 0.6 is 0 Å². The van der Waals surface area contributed by atoms with E-state index in [2.05, 4.69) is 0 Å². The van der Waals surface area contributed by atoms with E-state index in [0.29, 0.717) is 38.8 Å². The summed E-state index contributed by atoms with van der Waals surface area (Å²) in [5.74, 6) is -2.76. The summed E-state index contributed by atoms with van der Waals surface area (Å²) in [4.78, 5) is 77.4. The number of hydrogen-bond donors (Lipinski definition) is 0. The lowest BCUT2D eigenvalue weighted by molar-refractivity contribution is -0.159. The van der Waals surface area contributed by atoms with Crippen molar-refractivity contribution in [1.29, 1.82) is 0 Å². The van der Waals surface area contributed by atoms with Gasteiger partial charge in [0, 0.05) is 25.9 Å². The Morgan fingerprint density at radius 3 is 1.19 bits per heavy atom. The fourth-order valence-corrected chi connectivity index (χ4v) is 5.84. The second kappa shape index (κ2) is 20.2. The maximum Gasteiger partial charge on any atom is 0.328 e. The van der Waals surface area contributed by atoms with Crippen LogP contribution in [0, 0.1) is 0 Å². The van der Waals surface area contributed by atoms with Crippen molar-refractivity contribution in [2.75, 3.05) is 26.3 Å². The monoisotopic (exact) mass is 592 g/mol. The third-order valence-electron chi connectivity index (χ3n) is 8.18. The van der Waals surface area contributed by atoms with Gasteiger partial charge < -0.3 is 19.3 Å². The number of carbonyl (C=O) groups is 6. The zero-order valence-corrected chi connectivity index (χ0v) is 25.9. The van der Waals surface area contributed by atoms with Gasteiger partial charge in [0.15, 0.2) is 0 Å². The van der Waals surface area contributed by atoms with Gasteiger partial charge in [-0.1, -0.05) is 51.4 Å². The minimum absolute atomic E-state index is 0.216. The molecule has 0 aromatic rings. The van der Waals surface area contributed by atoms with Crippen LogP contribution in [0.4, 0.5) is 0 Å². The van der Waals surface area contributed by atoms with Crippen LogP contribution in [0.5, 0.6) is 0 Å². The molecule has 0 spiro atoms. The highest BCUT2D eigenvalue weighted by Gasteiger charge is 2.36. The van der Waals surface area contributed by atoms with Gasteiger partial charge in [0.1, 0.15) is 12.1 Å².